The van der Waals surface area contributed by atoms with E-state index in [4.69, 9.17) is 4.74 Å². The smallest absolute Gasteiger partial charge is 0.141 e. The topological polar surface area (TPSA) is 34.1 Å². The summed E-state index contributed by atoms with van der Waals surface area (Å²) in [5.74, 6) is 0.497. The lowest BCUT2D eigenvalue weighted by Gasteiger charge is -2.08. The molecular formula is C14H15FN2O. The molecule has 1 N–H and O–H groups in total. The molecule has 3 nitrogen and oxygen atoms in total. The summed E-state index contributed by atoms with van der Waals surface area (Å²) in [7, 11) is 0. The van der Waals surface area contributed by atoms with Crippen LogP contribution in [-0.2, 0) is 6.54 Å². The first-order valence-corrected chi connectivity index (χ1v) is 5.84. The minimum Gasteiger partial charge on any atom is -0.494 e. The van der Waals surface area contributed by atoms with Gasteiger partial charge in [-0.15, -0.1) is 0 Å². The van der Waals surface area contributed by atoms with Crippen molar-refractivity contribution in [1.82, 2.24) is 4.98 Å². The molecule has 1 aromatic heterocycles. The third-order valence-corrected chi connectivity index (χ3v) is 2.40. The quantitative estimate of drug-likeness (QED) is 0.879. The second kappa shape index (κ2) is 6.00. The maximum absolute atomic E-state index is 12.9. The predicted molar refractivity (Wildman–Crippen MR) is 69.1 cm³/mol. The number of rotatable bonds is 5. The van der Waals surface area contributed by atoms with E-state index in [1.807, 2.05) is 31.2 Å². The molecule has 94 valence electrons. The summed E-state index contributed by atoms with van der Waals surface area (Å²) in [5, 5.41) is 3.20. The molecule has 0 amide bonds. The van der Waals surface area contributed by atoms with Gasteiger partial charge in [0, 0.05) is 24.5 Å². The molecule has 0 fully saturated rings. The van der Waals surface area contributed by atoms with Crippen molar-refractivity contribution in [2.75, 3.05) is 11.9 Å². The highest BCUT2D eigenvalue weighted by atomic mass is 19.1. The first-order chi connectivity index (χ1) is 8.78. The van der Waals surface area contributed by atoms with Gasteiger partial charge in [0.25, 0.3) is 0 Å². The number of nitrogens with one attached hydrogen (secondary N) is 1. The Morgan fingerprint density at radius 3 is 2.94 bits per heavy atom. The van der Waals surface area contributed by atoms with Gasteiger partial charge in [-0.3, -0.25) is 4.98 Å². The number of nitrogens with zero attached hydrogens (tertiary/aromatic N) is 1. The summed E-state index contributed by atoms with van der Waals surface area (Å²) in [6.45, 7) is 3.11. The Bertz CT molecular complexity index is 517. The highest BCUT2D eigenvalue weighted by molar-refractivity contribution is 5.48. The van der Waals surface area contributed by atoms with E-state index in [2.05, 4.69) is 10.3 Å². The Morgan fingerprint density at radius 2 is 2.17 bits per heavy atom. The molecule has 0 radical (unpaired) electrons. The Labute approximate surface area is 106 Å². The van der Waals surface area contributed by atoms with Crippen molar-refractivity contribution in [2.24, 2.45) is 0 Å². The zero-order chi connectivity index (χ0) is 12.8. The van der Waals surface area contributed by atoms with Crippen LogP contribution in [0.3, 0.4) is 0 Å². The van der Waals surface area contributed by atoms with Crippen LogP contribution in [0.2, 0.25) is 0 Å². The fourth-order valence-corrected chi connectivity index (χ4v) is 1.62. The monoisotopic (exact) mass is 246 g/mol. The lowest BCUT2D eigenvalue weighted by molar-refractivity contribution is 0.340. The molecule has 0 unspecified atom stereocenters. The van der Waals surface area contributed by atoms with Gasteiger partial charge >= 0.3 is 0 Å². The van der Waals surface area contributed by atoms with Crippen LogP contribution in [0, 0.1) is 5.82 Å². The number of benzene rings is 1. The maximum Gasteiger partial charge on any atom is 0.141 e. The average Bonchev–Trinajstić information content (AvgIpc) is 2.37. The van der Waals surface area contributed by atoms with Gasteiger partial charge in [0.2, 0.25) is 0 Å². The molecule has 4 heteroatoms. The number of anilines is 1. The molecule has 0 aliphatic heterocycles. The van der Waals surface area contributed by atoms with Gasteiger partial charge in [-0.1, -0.05) is 6.07 Å². The van der Waals surface area contributed by atoms with Gasteiger partial charge in [-0.2, -0.15) is 0 Å². The number of hydrogen-bond donors (Lipinski definition) is 1. The van der Waals surface area contributed by atoms with E-state index in [-0.39, 0.29) is 5.82 Å². The lowest BCUT2D eigenvalue weighted by Crippen LogP contribution is -2.01. The van der Waals surface area contributed by atoms with Crippen LogP contribution in [0.4, 0.5) is 10.1 Å². The Morgan fingerprint density at radius 1 is 1.28 bits per heavy atom. The molecule has 0 atom stereocenters. The van der Waals surface area contributed by atoms with E-state index in [9.17, 15) is 4.39 Å². The second-order valence-corrected chi connectivity index (χ2v) is 3.83. The molecule has 0 spiro atoms. The first kappa shape index (κ1) is 12.4. The third kappa shape index (κ3) is 3.45. The predicted octanol–water partition coefficient (Wildman–Crippen LogP) is 3.23. The van der Waals surface area contributed by atoms with Crippen molar-refractivity contribution in [3.8, 4) is 5.75 Å². The van der Waals surface area contributed by atoms with Gasteiger partial charge in [0.05, 0.1) is 12.8 Å². The van der Waals surface area contributed by atoms with Crippen molar-refractivity contribution < 1.29 is 9.13 Å². The van der Waals surface area contributed by atoms with Gasteiger partial charge in [-0.25, -0.2) is 4.39 Å². The molecule has 18 heavy (non-hydrogen) atoms. The fraction of sp³-hybridized carbons (Fsp3) is 0.214. The minimum atomic E-state index is -0.322. The number of ether oxygens (including phenoxy) is 1. The van der Waals surface area contributed by atoms with Crippen LogP contribution in [0.5, 0.6) is 5.75 Å². The summed E-state index contributed by atoms with van der Waals surface area (Å²) in [6, 6.07) is 9.13. The van der Waals surface area contributed by atoms with Crippen LogP contribution in [0.25, 0.3) is 0 Å². The maximum atomic E-state index is 12.9. The summed E-state index contributed by atoms with van der Waals surface area (Å²) >= 11 is 0. The van der Waals surface area contributed by atoms with E-state index < -0.39 is 0 Å². The standard InChI is InChI=1S/C14H15FN2O/c1-2-18-14-5-3-4-13(7-14)17-9-11-6-12(15)10-16-8-11/h3-8,10,17H,2,9H2,1H3. The van der Waals surface area contributed by atoms with Crippen LogP contribution in [0.15, 0.2) is 42.7 Å². The summed E-state index contributed by atoms with van der Waals surface area (Å²) < 4.78 is 18.4. The molecule has 1 aromatic carbocycles. The molecule has 0 saturated heterocycles. The number of halogens is 1. The number of aromatic nitrogens is 1. The summed E-state index contributed by atoms with van der Waals surface area (Å²) in [4.78, 5) is 3.80. The Hall–Kier alpha value is -2.10. The van der Waals surface area contributed by atoms with Gasteiger partial charge in [0.1, 0.15) is 11.6 Å². The third-order valence-electron chi connectivity index (χ3n) is 2.40. The normalized spacial score (nSPS) is 10.1. The summed E-state index contributed by atoms with van der Waals surface area (Å²) in [5.41, 5.74) is 1.74. The summed E-state index contributed by atoms with van der Waals surface area (Å²) in [6.07, 6.45) is 2.84. The Kier molecular flexibility index (Phi) is 4.12. The zero-order valence-electron chi connectivity index (χ0n) is 10.2. The number of pyridine rings is 1. The van der Waals surface area contributed by atoms with Gasteiger partial charge in [0.15, 0.2) is 0 Å². The van der Waals surface area contributed by atoms with E-state index in [1.54, 1.807) is 6.20 Å². The molecular weight excluding hydrogens is 231 g/mol. The van der Waals surface area contributed by atoms with Gasteiger partial charge in [-0.05, 0) is 30.7 Å². The largest absolute Gasteiger partial charge is 0.494 e. The van der Waals surface area contributed by atoms with E-state index in [1.165, 1.54) is 12.3 Å². The molecule has 2 rings (SSSR count). The van der Waals surface area contributed by atoms with Crippen molar-refractivity contribution in [2.45, 2.75) is 13.5 Å². The average molecular weight is 246 g/mol. The molecule has 0 saturated carbocycles. The minimum absolute atomic E-state index is 0.322. The molecule has 0 aliphatic rings. The molecule has 2 aromatic rings. The molecule has 0 bridgehead atoms. The van der Waals surface area contributed by atoms with Crippen molar-refractivity contribution >= 4 is 5.69 Å². The number of hydrogen-bond acceptors (Lipinski definition) is 3. The van der Waals surface area contributed by atoms with Crippen molar-refractivity contribution in [3.05, 3.63) is 54.1 Å². The highest BCUT2D eigenvalue weighted by Gasteiger charge is 1.98. The van der Waals surface area contributed by atoms with E-state index in [0.29, 0.717) is 13.2 Å². The second-order valence-electron chi connectivity index (χ2n) is 3.83. The van der Waals surface area contributed by atoms with Crippen LogP contribution < -0.4 is 10.1 Å². The van der Waals surface area contributed by atoms with E-state index in [0.717, 1.165) is 17.0 Å². The van der Waals surface area contributed by atoms with Crippen LogP contribution >= 0.6 is 0 Å². The Balaban J connectivity index is 1.99. The SMILES string of the molecule is CCOc1cccc(NCc2cncc(F)c2)c1. The van der Waals surface area contributed by atoms with Crippen molar-refractivity contribution in [3.63, 3.8) is 0 Å². The first-order valence-electron chi connectivity index (χ1n) is 5.84. The zero-order valence-corrected chi connectivity index (χ0v) is 10.2. The molecule has 0 aliphatic carbocycles. The van der Waals surface area contributed by atoms with Crippen LogP contribution in [0.1, 0.15) is 12.5 Å². The van der Waals surface area contributed by atoms with E-state index >= 15 is 0 Å². The fourth-order valence-electron chi connectivity index (χ4n) is 1.62. The highest BCUT2D eigenvalue weighted by Crippen LogP contribution is 2.17. The van der Waals surface area contributed by atoms with Crippen LogP contribution in [-0.4, -0.2) is 11.6 Å². The molecule has 1 heterocycles. The van der Waals surface area contributed by atoms with Crippen molar-refractivity contribution in [1.29, 1.82) is 0 Å². The lowest BCUT2D eigenvalue weighted by atomic mass is 10.2. The van der Waals surface area contributed by atoms with Gasteiger partial charge < -0.3 is 10.1 Å².